The van der Waals surface area contributed by atoms with E-state index in [2.05, 4.69) is 17.1 Å². The molecule has 0 radical (unpaired) electrons. The highest BCUT2D eigenvalue weighted by atomic mass is 16.2. The van der Waals surface area contributed by atoms with E-state index in [1.165, 1.54) is 4.57 Å². The topological polar surface area (TPSA) is 114 Å². The SMILES string of the molecule is C[C@@H]1CC[C@@H]2CCN(C(=O)CCCCCCc3ccc4c(c3)n(C)c(=O)n4C3CCC(=O)NC3=O)CCC(=O)N21. The molecule has 3 aliphatic rings. The summed E-state index contributed by atoms with van der Waals surface area (Å²) in [7, 11) is 1.71. The molecule has 1 N–H and O–H groups in total. The molecule has 3 saturated heterocycles. The summed E-state index contributed by atoms with van der Waals surface area (Å²) in [6.07, 6.45) is 9.17. The van der Waals surface area contributed by atoms with Crippen molar-refractivity contribution in [2.75, 3.05) is 13.1 Å². The van der Waals surface area contributed by atoms with Crippen LogP contribution in [0, 0.1) is 0 Å². The number of benzene rings is 1. The van der Waals surface area contributed by atoms with Crippen molar-refractivity contribution in [3.05, 3.63) is 34.2 Å². The number of amides is 4. The molecule has 0 bridgehead atoms. The molecule has 4 heterocycles. The second-order valence-corrected chi connectivity index (χ2v) is 11.7. The maximum atomic E-state index is 13.0. The van der Waals surface area contributed by atoms with Crippen molar-refractivity contribution in [3.63, 3.8) is 0 Å². The number of hydrogen-bond acceptors (Lipinski definition) is 5. The molecule has 0 saturated carbocycles. The summed E-state index contributed by atoms with van der Waals surface area (Å²) in [6, 6.07) is 5.85. The first-order valence-electron chi connectivity index (χ1n) is 14.9. The van der Waals surface area contributed by atoms with E-state index in [9.17, 15) is 24.0 Å². The minimum absolute atomic E-state index is 0.166. The van der Waals surface area contributed by atoms with Gasteiger partial charge >= 0.3 is 5.69 Å². The summed E-state index contributed by atoms with van der Waals surface area (Å²) < 4.78 is 3.07. The van der Waals surface area contributed by atoms with Gasteiger partial charge in [0.1, 0.15) is 6.04 Å². The van der Waals surface area contributed by atoms with E-state index < -0.39 is 11.9 Å². The van der Waals surface area contributed by atoms with Crippen molar-refractivity contribution < 1.29 is 19.2 Å². The summed E-state index contributed by atoms with van der Waals surface area (Å²) in [6.45, 7) is 3.41. The van der Waals surface area contributed by atoms with Crippen molar-refractivity contribution in [2.24, 2.45) is 7.05 Å². The van der Waals surface area contributed by atoms with Crippen molar-refractivity contribution in [1.29, 1.82) is 0 Å². The van der Waals surface area contributed by atoms with Crippen molar-refractivity contribution in [3.8, 4) is 0 Å². The molecule has 3 atom stereocenters. The Morgan fingerprint density at radius 3 is 2.52 bits per heavy atom. The first-order valence-corrected chi connectivity index (χ1v) is 14.9. The zero-order valence-corrected chi connectivity index (χ0v) is 23.7. The lowest BCUT2D eigenvalue weighted by Gasteiger charge is -2.34. The van der Waals surface area contributed by atoms with E-state index >= 15 is 0 Å². The lowest BCUT2D eigenvalue weighted by Crippen LogP contribution is -2.46. The first-order chi connectivity index (χ1) is 19.2. The molecular weight excluding hydrogens is 510 g/mol. The predicted octanol–water partition coefficient (Wildman–Crippen LogP) is 2.81. The average molecular weight is 552 g/mol. The lowest BCUT2D eigenvalue weighted by molar-refractivity contribution is -0.139. The second-order valence-electron chi connectivity index (χ2n) is 11.7. The van der Waals surface area contributed by atoms with Crippen LogP contribution in [-0.4, -0.2) is 67.7 Å². The van der Waals surface area contributed by atoms with Crippen LogP contribution in [0.25, 0.3) is 11.0 Å². The molecule has 1 aromatic heterocycles. The number of fused-ring (bicyclic) bond motifs is 2. The van der Waals surface area contributed by atoms with Gasteiger partial charge in [-0.15, -0.1) is 0 Å². The molecule has 5 rings (SSSR count). The van der Waals surface area contributed by atoms with E-state index in [4.69, 9.17) is 0 Å². The fraction of sp³-hybridized carbons (Fsp3) is 0.633. The van der Waals surface area contributed by atoms with Gasteiger partial charge in [0.15, 0.2) is 0 Å². The Kier molecular flexibility index (Phi) is 8.42. The number of nitrogens with zero attached hydrogens (tertiary/aromatic N) is 4. The number of aromatic nitrogens is 2. The van der Waals surface area contributed by atoms with Crippen molar-refractivity contribution in [2.45, 2.75) is 102 Å². The van der Waals surface area contributed by atoms with Crippen LogP contribution >= 0.6 is 0 Å². The number of piperidine rings is 1. The van der Waals surface area contributed by atoms with Gasteiger partial charge in [-0.25, -0.2) is 4.79 Å². The van der Waals surface area contributed by atoms with Crippen LogP contribution in [0.3, 0.4) is 0 Å². The minimum Gasteiger partial charge on any atom is -0.342 e. The highest BCUT2D eigenvalue weighted by molar-refractivity contribution is 6.00. The van der Waals surface area contributed by atoms with Crippen LogP contribution < -0.4 is 11.0 Å². The summed E-state index contributed by atoms with van der Waals surface area (Å²) in [4.78, 5) is 66.3. The summed E-state index contributed by atoms with van der Waals surface area (Å²) >= 11 is 0. The monoisotopic (exact) mass is 551 g/mol. The van der Waals surface area contributed by atoms with E-state index in [1.807, 2.05) is 23.1 Å². The number of aryl methyl sites for hydroxylation is 2. The number of rotatable bonds is 8. The molecule has 40 heavy (non-hydrogen) atoms. The van der Waals surface area contributed by atoms with Crippen LogP contribution in [0.1, 0.15) is 89.2 Å². The molecule has 10 heteroatoms. The van der Waals surface area contributed by atoms with Crippen molar-refractivity contribution in [1.82, 2.24) is 24.3 Å². The molecule has 0 spiro atoms. The number of imide groups is 1. The van der Waals surface area contributed by atoms with Gasteiger partial charge in [-0.1, -0.05) is 18.9 Å². The van der Waals surface area contributed by atoms with Gasteiger partial charge < -0.3 is 9.80 Å². The number of imidazole rings is 1. The van der Waals surface area contributed by atoms with Crippen molar-refractivity contribution >= 4 is 34.7 Å². The maximum Gasteiger partial charge on any atom is 0.329 e. The highest BCUT2D eigenvalue weighted by Crippen LogP contribution is 2.29. The zero-order valence-electron chi connectivity index (χ0n) is 23.7. The molecule has 216 valence electrons. The number of unbranched alkanes of at least 4 members (excludes halogenated alkanes) is 3. The number of carbonyl (C=O) groups excluding carboxylic acids is 4. The quantitative estimate of drug-likeness (QED) is 0.400. The van der Waals surface area contributed by atoms with Gasteiger partial charge in [0, 0.05) is 51.5 Å². The first kappa shape index (κ1) is 28.1. The van der Waals surface area contributed by atoms with E-state index in [0.29, 0.717) is 37.4 Å². The second kappa shape index (κ2) is 12.0. The Labute approximate surface area is 234 Å². The minimum atomic E-state index is -0.678. The third-order valence-electron chi connectivity index (χ3n) is 9.04. The molecule has 3 fully saturated rings. The fourth-order valence-corrected chi connectivity index (χ4v) is 6.74. The van der Waals surface area contributed by atoms with Gasteiger partial charge in [-0.05, 0) is 69.6 Å². The number of carbonyl (C=O) groups is 4. The number of nitrogens with one attached hydrogen (secondary N) is 1. The molecule has 0 aliphatic carbocycles. The fourth-order valence-electron chi connectivity index (χ4n) is 6.74. The maximum absolute atomic E-state index is 13.0. The lowest BCUT2D eigenvalue weighted by atomic mass is 10.0. The Hall–Kier alpha value is -3.43. The van der Waals surface area contributed by atoms with Gasteiger partial charge in [0.2, 0.25) is 23.6 Å². The summed E-state index contributed by atoms with van der Waals surface area (Å²) in [5, 5.41) is 2.34. The molecular formula is C30H41N5O5. The average Bonchev–Trinajstić information content (AvgIpc) is 3.40. The smallest absolute Gasteiger partial charge is 0.329 e. The van der Waals surface area contributed by atoms with Gasteiger partial charge in [-0.2, -0.15) is 0 Å². The van der Waals surface area contributed by atoms with E-state index in [0.717, 1.165) is 69.0 Å². The Bertz CT molecular complexity index is 1360. The molecule has 4 amide bonds. The number of hydrogen-bond donors (Lipinski definition) is 1. The van der Waals surface area contributed by atoms with Crippen LogP contribution in [0.2, 0.25) is 0 Å². The van der Waals surface area contributed by atoms with E-state index in [-0.39, 0.29) is 35.9 Å². The molecule has 1 aromatic carbocycles. The van der Waals surface area contributed by atoms with Gasteiger partial charge in [-0.3, -0.25) is 33.6 Å². The predicted molar refractivity (Wildman–Crippen MR) is 151 cm³/mol. The Morgan fingerprint density at radius 2 is 1.73 bits per heavy atom. The zero-order chi connectivity index (χ0) is 28.4. The van der Waals surface area contributed by atoms with Crippen LogP contribution in [-0.2, 0) is 32.6 Å². The van der Waals surface area contributed by atoms with E-state index in [1.54, 1.807) is 11.6 Å². The Morgan fingerprint density at radius 1 is 0.925 bits per heavy atom. The third-order valence-corrected chi connectivity index (χ3v) is 9.04. The molecule has 2 aromatic rings. The summed E-state index contributed by atoms with van der Waals surface area (Å²) in [5.41, 5.74) is 2.34. The Balaban J connectivity index is 1.08. The molecule has 3 aliphatic heterocycles. The largest absolute Gasteiger partial charge is 0.342 e. The highest BCUT2D eigenvalue weighted by Gasteiger charge is 2.36. The molecule has 1 unspecified atom stereocenters. The molecule has 10 nitrogen and oxygen atoms in total. The van der Waals surface area contributed by atoms with Crippen LogP contribution in [0.5, 0.6) is 0 Å². The third kappa shape index (κ3) is 5.71. The summed E-state index contributed by atoms with van der Waals surface area (Å²) in [5.74, 6) is -0.370. The van der Waals surface area contributed by atoms with Gasteiger partial charge in [0.05, 0.1) is 11.0 Å². The van der Waals surface area contributed by atoms with Gasteiger partial charge in [0.25, 0.3) is 0 Å². The van der Waals surface area contributed by atoms with Crippen LogP contribution in [0.4, 0.5) is 0 Å². The normalized spacial score (nSPS) is 23.8. The standard InChI is InChI=1S/C30H41N5O5/c1-20-9-11-22-15-17-33(18-16-28(38)34(20)22)27(37)8-6-4-3-5-7-21-10-12-23-25(19-21)32(2)30(40)35(23)24-13-14-26(36)31-29(24)39/h10,12,19-20,22,24H,3-9,11,13-18H2,1-2H3,(H,31,36,39)/t20-,22-,24?/m1/s1. The van der Waals surface area contributed by atoms with Crippen LogP contribution in [0.15, 0.2) is 23.0 Å².